The molecule has 0 bridgehead atoms. The van der Waals surface area contributed by atoms with Crippen molar-refractivity contribution < 1.29 is 8.78 Å². The third-order valence-corrected chi connectivity index (χ3v) is 6.14. The standard InChI is InChI=1S/C26H32F2N2.C2H4/c1-7-11-23(26(6,27)28)19(3)18(2)20(4)30-24(25(5)14-8-9-15-25)22-13-10-12-21(16-22)17-29;1-2/h7,10-13,16,24,30H,2,4,8-9,14-15H2,1,3,5-6H3;1-2H2/b11-7-,23-19+;. The van der Waals surface area contributed by atoms with Crippen molar-refractivity contribution in [2.24, 2.45) is 5.41 Å². The largest absolute Gasteiger partial charge is 0.378 e. The number of allylic oxidation sites excluding steroid dienone is 4. The van der Waals surface area contributed by atoms with Crippen molar-refractivity contribution in [3.63, 3.8) is 0 Å². The number of nitrogens with zero attached hydrogens (tertiary/aromatic N) is 1. The number of nitrogens with one attached hydrogen (secondary N) is 1. The average molecular weight is 439 g/mol. The van der Waals surface area contributed by atoms with Gasteiger partial charge in [-0.2, -0.15) is 5.26 Å². The number of rotatable bonds is 8. The lowest BCUT2D eigenvalue weighted by atomic mass is 9.76. The number of nitriles is 1. The molecule has 1 aliphatic rings. The van der Waals surface area contributed by atoms with Crippen molar-refractivity contribution in [3.05, 3.63) is 96.3 Å². The Hall–Kier alpha value is -2.93. The van der Waals surface area contributed by atoms with Crippen LogP contribution in [0, 0.1) is 16.7 Å². The Labute approximate surface area is 192 Å². The average Bonchev–Trinajstić information content (AvgIpc) is 3.22. The molecule has 1 aromatic rings. The third kappa shape index (κ3) is 6.53. The fraction of sp³-hybridized carbons (Fsp3) is 0.393. The van der Waals surface area contributed by atoms with Gasteiger partial charge in [-0.25, -0.2) is 8.78 Å². The Balaban J connectivity index is 0.00000249. The van der Waals surface area contributed by atoms with Crippen LogP contribution in [-0.4, -0.2) is 5.92 Å². The van der Waals surface area contributed by atoms with Gasteiger partial charge in [-0.15, -0.1) is 13.2 Å². The first-order chi connectivity index (χ1) is 15.0. The highest BCUT2D eigenvalue weighted by Gasteiger charge is 2.38. The van der Waals surface area contributed by atoms with Gasteiger partial charge in [-0.05, 0) is 60.9 Å². The smallest absolute Gasteiger partial charge is 0.270 e. The predicted molar refractivity (Wildman–Crippen MR) is 131 cm³/mol. The summed E-state index contributed by atoms with van der Waals surface area (Å²) < 4.78 is 28.3. The van der Waals surface area contributed by atoms with Crippen LogP contribution in [0.3, 0.4) is 0 Å². The Morgan fingerprint density at radius 2 is 1.84 bits per heavy atom. The Morgan fingerprint density at radius 3 is 2.34 bits per heavy atom. The molecule has 1 aliphatic carbocycles. The minimum Gasteiger partial charge on any atom is -0.378 e. The molecule has 32 heavy (non-hydrogen) atoms. The number of hydrogen-bond acceptors (Lipinski definition) is 2. The first-order valence-corrected chi connectivity index (χ1v) is 10.9. The quantitative estimate of drug-likeness (QED) is 0.328. The highest BCUT2D eigenvalue weighted by atomic mass is 19.3. The molecule has 0 aliphatic heterocycles. The third-order valence-electron chi connectivity index (χ3n) is 6.14. The van der Waals surface area contributed by atoms with Gasteiger partial charge in [0, 0.05) is 18.2 Å². The maximum atomic E-state index is 14.1. The summed E-state index contributed by atoms with van der Waals surface area (Å²) in [6.45, 7) is 20.7. The molecular formula is C28H36F2N2. The van der Waals surface area contributed by atoms with Crippen LogP contribution >= 0.6 is 0 Å². The molecule has 0 aromatic heterocycles. The van der Waals surface area contributed by atoms with Gasteiger partial charge in [0.2, 0.25) is 0 Å². The second-order valence-electron chi connectivity index (χ2n) is 8.56. The molecule has 1 fully saturated rings. The van der Waals surface area contributed by atoms with E-state index in [-0.39, 0.29) is 17.0 Å². The van der Waals surface area contributed by atoms with Gasteiger partial charge in [0.05, 0.1) is 17.7 Å². The van der Waals surface area contributed by atoms with Gasteiger partial charge in [0.1, 0.15) is 0 Å². The molecule has 0 saturated heterocycles. The van der Waals surface area contributed by atoms with Crippen molar-refractivity contribution in [1.82, 2.24) is 5.32 Å². The molecule has 1 unspecified atom stereocenters. The van der Waals surface area contributed by atoms with Gasteiger partial charge in [-0.1, -0.05) is 57.2 Å². The summed E-state index contributed by atoms with van der Waals surface area (Å²) in [5.74, 6) is -2.97. The number of benzene rings is 1. The summed E-state index contributed by atoms with van der Waals surface area (Å²) in [6.07, 6.45) is 7.42. The zero-order chi connectivity index (χ0) is 24.5. The van der Waals surface area contributed by atoms with Gasteiger partial charge in [-0.3, -0.25) is 0 Å². The van der Waals surface area contributed by atoms with Crippen LogP contribution in [0.5, 0.6) is 0 Å². The molecule has 0 heterocycles. The summed E-state index contributed by atoms with van der Waals surface area (Å²) >= 11 is 0. The van der Waals surface area contributed by atoms with Crippen LogP contribution in [-0.2, 0) is 0 Å². The molecule has 0 amide bonds. The van der Waals surface area contributed by atoms with Crippen molar-refractivity contribution in [2.75, 3.05) is 0 Å². The second kappa shape index (κ2) is 11.6. The second-order valence-corrected chi connectivity index (χ2v) is 8.56. The number of alkyl halides is 2. The van der Waals surface area contributed by atoms with E-state index in [1.165, 1.54) is 6.08 Å². The van der Waals surface area contributed by atoms with E-state index in [1.807, 2.05) is 18.2 Å². The van der Waals surface area contributed by atoms with E-state index in [9.17, 15) is 14.0 Å². The molecule has 1 saturated carbocycles. The van der Waals surface area contributed by atoms with E-state index in [2.05, 4.69) is 44.6 Å². The Bertz CT molecular complexity index is 919. The highest BCUT2D eigenvalue weighted by molar-refractivity contribution is 5.49. The number of hydrogen-bond donors (Lipinski definition) is 1. The van der Waals surface area contributed by atoms with Crippen LogP contribution < -0.4 is 5.32 Å². The molecule has 1 atom stereocenters. The molecule has 0 spiro atoms. The highest BCUT2D eigenvalue weighted by Crippen LogP contribution is 2.48. The topological polar surface area (TPSA) is 35.8 Å². The summed E-state index contributed by atoms with van der Waals surface area (Å²) in [5.41, 5.74) is 2.93. The normalized spacial score (nSPS) is 16.9. The van der Waals surface area contributed by atoms with E-state index in [0.717, 1.165) is 38.2 Å². The minimum absolute atomic E-state index is 0.0181. The molecule has 2 rings (SSSR count). The van der Waals surface area contributed by atoms with E-state index < -0.39 is 5.92 Å². The van der Waals surface area contributed by atoms with Crippen LogP contribution in [0.15, 0.2) is 85.1 Å². The zero-order valence-electron chi connectivity index (χ0n) is 19.9. The van der Waals surface area contributed by atoms with E-state index in [0.29, 0.717) is 22.4 Å². The van der Waals surface area contributed by atoms with Crippen LogP contribution in [0.25, 0.3) is 0 Å². The van der Waals surface area contributed by atoms with Crippen molar-refractivity contribution in [1.29, 1.82) is 5.26 Å². The van der Waals surface area contributed by atoms with Gasteiger partial charge in [0.25, 0.3) is 5.92 Å². The summed E-state index contributed by atoms with van der Waals surface area (Å²) in [6, 6.07) is 9.68. The minimum atomic E-state index is -2.97. The first kappa shape index (κ1) is 27.1. The number of halogens is 2. The lowest BCUT2D eigenvalue weighted by Gasteiger charge is -2.37. The fourth-order valence-electron chi connectivity index (χ4n) is 4.34. The van der Waals surface area contributed by atoms with Crippen LogP contribution in [0.1, 0.15) is 70.5 Å². The Kier molecular flexibility index (Phi) is 9.84. The molecule has 172 valence electrons. The molecule has 1 N–H and O–H groups in total. The van der Waals surface area contributed by atoms with E-state index >= 15 is 0 Å². The molecule has 4 heteroatoms. The maximum Gasteiger partial charge on any atom is 0.270 e. The maximum absolute atomic E-state index is 14.1. The summed E-state index contributed by atoms with van der Waals surface area (Å²) in [5, 5.41) is 12.8. The van der Waals surface area contributed by atoms with Gasteiger partial charge in [0.15, 0.2) is 0 Å². The van der Waals surface area contributed by atoms with Gasteiger partial charge < -0.3 is 5.32 Å². The molecular weight excluding hydrogens is 402 g/mol. The molecule has 1 aromatic carbocycles. The summed E-state index contributed by atoms with van der Waals surface area (Å²) in [7, 11) is 0. The van der Waals surface area contributed by atoms with Crippen LogP contribution in [0.2, 0.25) is 0 Å². The van der Waals surface area contributed by atoms with Crippen molar-refractivity contribution >= 4 is 0 Å². The Morgan fingerprint density at radius 1 is 1.25 bits per heavy atom. The SMILES string of the molecule is C=C.C=C(NC(c1cccc(C#N)c1)C1(C)CCCC1)C(=C)/C(C)=C(\C=C/C)C(C)(F)F. The monoisotopic (exact) mass is 438 g/mol. The van der Waals surface area contributed by atoms with Crippen LogP contribution in [0.4, 0.5) is 8.78 Å². The van der Waals surface area contributed by atoms with E-state index in [1.54, 1.807) is 26.0 Å². The molecule has 2 nitrogen and oxygen atoms in total. The van der Waals surface area contributed by atoms with Gasteiger partial charge >= 0.3 is 0 Å². The van der Waals surface area contributed by atoms with Crippen molar-refractivity contribution in [2.45, 2.75) is 65.3 Å². The fourth-order valence-corrected chi connectivity index (χ4v) is 4.34. The van der Waals surface area contributed by atoms with E-state index in [4.69, 9.17) is 0 Å². The summed E-state index contributed by atoms with van der Waals surface area (Å²) in [4.78, 5) is 0. The lowest BCUT2D eigenvalue weighted by Crippen LogP contribution is -2.34. The first-order valence-electron chi connectivity index (χ1n) is 10.9. The zero-order valence-corrected chi connectivity index (χ0v) is 19.9. The predicted octanol–water partition coefficient (Wildman–Crippen LogP) is 8.19. The molecule has 0 radical (unpaired) electrons. The van der Waals surface area contributed by atoms with Crippen molar-refractivity contribution in [3.8, 4) is 6.07 Å². The lowest BCUT2D eigenvalue weighted by molar-refractivity contribution is 0.0666.